The largest absolute Gasteiger partial charge is 0.350 e. The number of piperazine rings is 1. The molecule has 6 nitrogen and oxygen atoms in total. The van der Waals surface area contributed by atoms with Crippen molar-refractivity contribution in [1.29, 1.82) is 0 Å². The molecule has 0 aromatic heterocycles. The third kappa shape index (κ3) is 3.67. The Hall–Kier alpha value is -2.37. The van der Waals surface area contributed by atoms with Crippen molar-refractivity contribution in [3.63, 3.8) is 0 Å². The smallest absolute Gasteiger partial charge is 0.251 e. The summed E-state index contributed by atoms with van der Waals surface area (Å²) < 4.78 is 0. The van der Waals surface area contributed by atoms with Crippen LogP contribution < -0.4 is 5.32 Å². The molecule has 25 heavy (non-hydrogen) atoms. The van der Waals surface area contributed by atoms with Crippen LogP contribution in [-0.2, 0) is 16.1 Å². The van der Waals surface area contributed by atoms with Crippen molar-refractivity contribution in [2.75, 3.05) is 13.1 Å². The highest BCUT2D eigenvalue weighted by Crippen LogP contribution is 2.24. The molecule has 0 aliphatic carbocycles. The molecule has 2 atom stereocenters. The SMILES string of the molecule is CC[C@H](C)NC(=O)c1ccc(CN2CC(=O)N3CCC[C@H]3C2=O)cc1. The standard InChI is InChI=1S/C19H25N3O3/c1-3-13(2)20-18(24)15-8-6-14(7-9-15)11-21-12-17(23)22-10-4-5-16(22)19(21)25/h6-9,13,16H,3-5,10-12H2,1-2H3,(H,20,24)/t13-,16-/m0/s1. The van der Waals surface area contributed by atoms with E-state index in [0.717, 1.165) is 24.8 Å². The molecule has 1 N–H and O–H groups in total. The molecule has 0 radical (unpaired) electrons. The molecule has 2 saturated heterocycles. The second-order valence-electron chi connectivity index (χ2n) is 6.92. The fourth-order valence-corrected chi connectivity index (χ4v) is 3.39. The lowest BCUT2D eigenvalue weighted by atomic mass is 10.1. The van der Waals surface area contributed by atoms with E-state index < -0.39 is 0 Å². The molecule has 2 fully saturated rings. The highest BCUT2D eigenvalue weighted by Gasteiger charge is 2.41. The van der Waals surface area contributed by atoms with Gasteiger partial charge in [0.2, 0.25) is 11.8 Å². The summed E-state index contributed by atoms with van der Waals surface area (Å²) in [4.78, 5) is 40.2. The zero-order chi connectivity index (χ0) is 18.0. The van der Waals surface area contributed by atoms with Gasteiger partial charge in [0, 0.05) is 24.7 Å². The first kappa shape index (κ1) is 17.5. The summed E-state index contributed by atoms with van der Waals surface area (Å²) in [6.07, 6.45) is 2.54. The molecule has 0 spiro atoms. The van der Waals surface area contributed by atoms with Gasteiger partial charge in [-0.05, 0) is 43.9 Å². The summed E-state index contributed by atoms with van der Waals surface area (Å²) in [5.74, 6) is -0.0194. The Bertz CT molecular complexity index is 671. The van der Waals surface area contributed by atoms with Crippen molar-refractivity contribution in [2.24, 2.45) is 0 Å². The first-order valence-corrected chi connectivity index (χ1v) is 8.97. The lowest BCUT2D eigenvalue weighted by molar-refractivity contribution is -0.154. The van der Waals surface area contributed by atoms with E-state index in [1.54, 1.807) is 21.9 Å². The number of hydrogen-bond donors (Lipinski definition) is 1. The molecule has 0 unspecified atom stereocenters. The van der Waals surface area contributed by atoms with Crippen LogP contribution in [-0.4, -0.2) is 52.7 Å². The summed E-state index contributed by atoms with van der Waals surface area (Å²) in [7, 11) is 0. The van der Waals surface area contributed by atoms with Crippen LogP contribution in [0.5, 0.6) is 0 Å². The van der Waals surface area contributed by atoms with E-state index in [4.69, 9.17) is 0 Å². The maximum atomic E-state index is 12.6. The second kappa shape index (κ2) is 7.25. The van der Waals surface area contributed by atoms with E-state index >= 15 is 0 Å². The van der Waals surface area contributed by atoms with Gasteiger partial charge < -0.3 is 15.1 Å². The van der Waals surface area contributed by atoms with Crippen LogP contribution >= 0.6 is 0 Å². The van der Waals surface area contributed by atoms with Gasteiger partial charge in [-0.25, -0.2) is 0 Å². The van der Waals surface area contributed by atoms with Gasteiger partial charge in [0.1, 0.15) is 12.6 Å². The predicted octanol–water partition coefficient (Wildman–Crippen LogP) is 1.55. The topological polar surface area (TPSA) is 69.7 Å². The number of fused-ring (bicyclic) bond motifs is 1. The molecule has 2 heterocycles. The minimum Gasteiger partial charge on any atom is -0.350 e. The van der Waals surface area contributed by atoms with E-state index in [1.165, 1.54) is 0 Å². The fourth-order valence-electron chi connectivity index (χ4n) is 3.39. The van der Waals surface area contributed by atoms with Crippen LogP contribution in [0.2, 0.25) is 0 Å². The molecule has 3 amide bonds. The number of benzene rings is 1. The monoisotopic (exact) mass is 343 g/mol. The van der Waals surface area contributed by atoms with Crippen LogP contribution in [0.4, 0.5) is 0 Å². The minimum atomic E-state index is -0.276. The summed E-state index contributed by atoms with van der Waals surface area (Å²) >= 11 is 0. The molecule has 2 aliphatic rings. The van der Waals surface area contributed by atoms with Crippen LogP contribution in [0, 0.1) is 0 Å². The van der Waals surface area contributed by atoms with E-state index in [9.17, 15) is 14.4 Å². The van der Waals surface area contributed by atoms with Crippen molar-refractivity contribution in [2.45, 2.75) is 51.7 Å². The first-order chi connectivity index (χ1) is 12.0. The van der Waals surface area contributed by atoms with E-state index in [1.807, 2.05) is 26.0 Å². The van der Waals surface area contributed by atoms with Crippen LogP contribution in [0.3, 0.4) is 0 Å². The highest BCUT2D eigenvalue weighted by atomic mass is 16.2. The third-order valence-corrected chi connectivity index (χ3v) is 5.08. The molecule has 2 aliphatic heterocycles. The second-order valence-corrected chi connectivity index (χ2v) is 6.92. The van der Waals surface area contributed by atoms with Crippen molar-refractivity contribution in [1.82, 2.24) is 15.1 Å². The van der Waals surface area contributed by atoms with Gasteiger partial charge >= 0.3 is 0 Å². The van der Waals surface area contributed by atoms with Gasteiger partial charge in [0.05, 0.1) is 0 Å². The molecule has 6 heteroatoms. The number of hydrogen-bond acceptors (Lipinski definition) is 3. The van der Waals surface area contributed by atoms with Gasteiger partial charge in [-0.2, -0.15) is 0 Å². The Labute approximate surface area is 148 Å². The zero-order valence-corrected chi connectivity index (χ0v) is 14.8. The van der Waals surface area contributed by atoms with Gasteiger partial charge in [0.25, 0.3) is 5.91 Å². The lowest BCUT2D eigenvalue weighted by Crippen LogP contribution is -2.56. The molecule has 1 aromatic carbocycles. The van der Waals surface area contributed by atoms with Gasteiger partial charge in [0.15, 0.2) is 0 Å². The lowest BCUT2D eigenvalue weighted by Gasteiger charge is -2.36. The fraction of sp³-hybridized carbons (Fsp3) is 0.526. The first-order valence-electron chi connectivity index (χ1n) is 8.97. The number of nitrogens with one attached hydrogen (secondary N) is 1. The summed E-state index contributed by atoms with van der Waals surface area (Å²) in [5.41, 5.74) is 1.53. The molecule has 0 bridgehead atoms. The van der Waals surface area contributed by atoms with Gasteiger partial charge in [-0.3, -0.25) is 14.4 Å². The zero-order valence-electron chi connectivity index (χ0n) is 14.8. The Balaban J connectivity index is 1.64. The Morgan fingerprint density at radius 3 is 2.68 bits per heavy atom. The van der Waals surface area contributed by atoms with E-state index in [-0.39, 0.29) is 36.3 Å². The molecular weight excluding hydrogens is 318 g/mol. The highest BCUT2D eigenvalue weighted by molar-refractivity contribution is 5.95. The van der Waals surface area contributed by atoms with Crippen LogP contribution in [0.25, 0.3) is 0 Å². The van der Waals surface area contributed by atoms with Crippen molar-refractivity contribution < 1.29 is 14.4 Å². The number of rotatable bonds is 5. The number of nitrogens with zero attached hydrogens (tertiary/aromatic N) is 2. The predicted molar refractivity (Wildman–Crippen MR) is 93.8 cm³/mol. The quantitative estimate of drug-likeness (QED) is 0.882. The minimum absolute atomic E-state index is 0.0339. The summed E-state index contributed by atoms with van der Waals surface area (Å²) in [5, 5.41) is 2.93. The van der Waals surface area contributed by atoms with Crippen molar-refractivity contribution in [3.8, 4) is 0 Å². The Morgan fingerprint density at radius 1 is 1.28 bits per heavy atom. The van der Waals surface area contributed by atoms with Gasteiger partial charge in [-0.1, -0.05) is 19.1 Å². The molecule has 3 rings (SSSR count). The van der Waals surface area contributed by atoms with E-state index in [2.05, 4.69) is 5.32 Å². The molecule has 1 aromatic rings. The third-order valence-electron chi connectivity index (χ3n) is 5.08. The number of amides is 3. The Morgan fingerprint density at radius 2 is 2.00 bits per heavy atom. The van der Waals surface area contributed by atoms with E-state index in [0.29, 0.717) is 18.7 Å². The van der Waals surface area contributed by atoms with Gasteiger partial charge in [-0.15, -0.1) is 0 Å². The van der Waals surface area contributed by atoms with Crippen molar-refractivity contribution >= 4 is 17.7 Å². The van der Waals surface area contributed by atoms with Crippen LogP contribution in [0.1, 0.15) is 49.0 Å². The number of carbonyl (C=O) groups excluding carboxylic acids is 3. The average Bonchev–Trinajstić information content (AvgIpc) is 3.10. The van der Waals surface area contributed by atoms with Crippen LogP contribution in [0.15, 0.2) is 24.3 Å². The normalized spacial score (nSPS) is 21.3. The molecule has 134 valence electrons. The Kier molecular flexibility index (Phi) is 5.06. The summed E-state index contributed by atoms with van der Waals surface area (Å²) in [6, 6.07) is 7.10. The maximum Gasteiger partial charge on any atom is 0.251 e. The van der Waals surface area contributed by atoms with Crippen molar-refractivity contribution in [3.05, 3.63) is 35.4 Å². The molecule has 0 saturated carbocycles. The average molecular weight is 343 g/mol. The summed E-state index contributed by atoms with van der Waals surface area (Å²) in [6.45, 7) is 5.24. The molecular formula is C19H25N3O3. The number of carbonyl (C=O) groups is 3. The maximum absolute atomic E-state index is 12.6.